The number of aromatic carboxylic acids is 1. The predicted octanol–water partition coefficient (Wildman–Crippen LogP) is 3.14. The number of hydrogen-bond acceptors (Lipinski definition) is 2. The molecule has 3 rings (SSSR count). The number of pyridine rings is 1. The van der Waals surface area contributed by atoms with Crippen LogP contribution in [0.3, 0.4) is 0 Å². The van der Waals surface area contributed by atoms with Gasteiger partial charge in [0.2, 0.25) is 0 Å². The molecule has 1 heterocycles. The molecule has 2 aromatic rings. The van der Waals surface area contributed by atoms with Gasteiger partial charge in [-0.2, -0.15) is 0 Å². The molecule has 1 saturated carbocycles. The van der Waals surface area contributed by atoms with Crippen molar-refractivity contribution in [2.45, 2.75) is 25.8 Å². The zero-order valence-corrected chi connectivity index (χ0v) is 11.8. The Morgan fingerprint density at radius 3 is 2.50 bits per heavy atom. The lowest BCUT2D eigenvalue weighted by molar-refractivity contribution is 0.0694. The van der Waals surface area contributed by atoms with E-state index in [0.717, 1.165) is 25.0 Å². The number of halogens is 2. The van der Waals surface area contributed by atoms with E-state index in [1.54, 1.807) is 0 Å². The van der Waals surface area contributed by atoms with E-state index < -0.39 is 28.7 Å². The van der Waals surface area contributed by atoms with Crippen LogP contribution in [0, 0.1) is 18.6 Å². The quantitative estimate of drug-likeness (QED) is 0.947. The van der Waals surface area contributed by atoms with Crippen molar-refractivity contribution in [3.63, 3.8) is 0 Å². The van der Waals surface area contributed by atoms with Crippen molar-refractivity contribution < 1.29 is 18.7 Å². The highest BCUT2D eigenvalue weighted by Gasteiger charge is 2.27. The summed E-state index contributed by atoms with van der Waals surface area (Å²) in [6, 6.07) is 3.17. The molecule has 6 heteroatoms. The molecule has 0 saturated heterocycles. The molecule has 0 spiro atoms. The molecule has 0 atom stereocenters. The van der Waals surface area contributed by atoms with Gasteiger partial charge in [0.1, 0.15) is 17.2 Å². The molecule has 1 aromatic carbocycles. The highest BCUT2D eigenvalue weighted by Crippen LogP contribution is 2.35. The van der Waals surface area contributed by atoms with E-state index in [0.29, 0.717) is 0 Å². The Morgan fingerprint density at radius 2 is 1.91 bits per heavy atom. The fourth-order valence-corrected chi connectivity index (χ4v) is 2.40. The van der Waals surface area contributed by atoms with Crippen molar-refractivity contribution >= 4 is 5.97 Å². The Bertz CT molecular complexity index is 838. The normalized spacial score (nSPS) is 14.1. The Hall–Kier alpha value is -2.50. The van der Waals surface area contributed by atoms with Gasteiger partial charge in [0.05, 0.1) is 0 Å². The molecule has 1 aromatic heterocycles. The van der Waals surface area contributed by atoms with Crippen LogP contribution >= 0.6 is 0 Å². The molecule has 114 valence electrons. The molecule has 0 unspecified atom stereocenters. The van der Waals surface area contributed by atoms with Crippen LogP contribution in [0.2, 0.25) is 0 Å². The summed E-state index contributed by atoms with van der Waals surface area (Å²) >= 11 is 0. The number of carboxylic acid groups (broad SMARTS) is 1. The second-order valence-corrected chi connectivity index (χ2v) is 5.47. The minimum absolute atomic E-state index is 0.0462. The largest absolute Gasteiger partial charge is 0.477 e. The Labute approximate surface area is 124 Å². The summed E-state index contributed by atoms with van der Waals surface area (Å²) in [4.78, 5) is 23.3. The van der Waals surface area contributed by atoms with E-state index in [-0.39, 0.29) is 22.7 Å². The Balaban J connectivity index is 2.25. The lowest BCUT2D eigenvalue weighted by atomic mass is 10.0. The van der Waals surface area contributed by atoms with Gasteiger partial charge in [-0.05, 0) is 37.5 Å². The first kappa shape index (κ1) is 14.4. The zero-order chi connectivity index (χ0) is 16.0. The summed E-state index contributed by atoms with van der Waals surface area (Å²) in [5.41, 5.74) is -0.429. The van der Waals surface area contributed by atoms with Gasteiger partial charge in [0, 0.05) is 29.4 Å². The van der Waals surface area contributed by atoms with Crippen molar-refractivity contribution in [2.75, 3.05) is 0 Å². The number of nitrogens with zero attached hydrogens (tertiary/aromatic N) is 1. The van der Waals surface area contributed by atoms with Crippen LogP contribution in [0.25, 0.3) is 11.1 Å². The molecule has 0 bridgehead atoms. The van der Waals surface area contributed by atoms with E-state index in [4.69, 9.17) is 5.11 Å². The lowest BCUT2D eigenvalue weighted by Gasteiger charge is -2.11. The van der Waals surface area contributed by atoms with Gasteiger partial charge in [0.15, 0.2) is 0 Å². The minimum Gasteiger partial charge on any atom is -0.477 e. The number of carboxylic acids is 1. The molecule has 4 nitrogen and oxygen atoms in total. The number of hydrogen-bond donors (Lipinski definition) is 1. The molecule has 1 aliphatic rings. The number of benzene rings is 1. The molecule has 0 aliphatic heterocycles. The van der Waals surface area contributed by atoms with Gasteiger partial charge >= 0.3 is 5.97 Å². The number of rotatable bonds is 3. The van der Waals surface area contributed by atoms with Gasteiger partial charge in [0.25, 0.3) is 5.56 Å². The third kappa shape index (κ3) is 2.41. The molecular formula is C16H13F2NO3. The first-order valence-corrected chi connectivity index (χ1v) is 6.84. The summed E-state index contributed by atoms with van der Waals surface area (Å²) in [7, 11) is 0. The maximum absolute atomic E-state index is 14.0. The van der Waals surface area contributed by atoms with E-state index in [1.165, 1.54) is 23.8 Å². The average Bonchev–Trinajstić information content (AvgIpc) is 3.27. The summed E-state index contributed by atoms with van der Waals surface area (Å²) in [6.07, 6.45) is 3.02. The summed E-state index contributed by atoms with van der Waals surface area (Å²) < 4.78 is 28.7. The Kier molecular flexibility index (Phi) is 3.31. The molecule has 1 N–H and O–H groups in total. The molecule has 0 amide bonds. The number of carbonyl (C=O) groups is 1. The highest BCUT2D eigenvalue weighted by molar-refractivity contribution is 5.89. The van der Waals surface area contributed by atoms with Crippen molar-refractivity contribution in [1.82, 2.24) is 4.57 Å². The number of aryl methyl sites for hydroxylation is 1. The predicted molar refractivity (Wildman–Crippen MR) is 76.0 cm³/mol. The third-order valence-corrected chi connectivity index (χ3v) is 3.77. The summed E-state index contributed by atoms with van der Waals surface area (Å²) in [6.45, 7) is 1.49. The topological polar surface area (TPSA) is 59.3 Å². The molecule has 1 aliphatic carbocycles. The van der Waals surface area contributed by atoms with Crippen LogP contribution in [-0.2, 0) is 0 Å². The molecule has 22 heavy (non-hydrogen) atoms. The highest BCUT2D eigenvalue weighted by atomic mass is 19.1. The monoisotopic (exact) mass is 305 g/mol. The lowest BCUT2D eigenvalue weighted by Crippen LogP contribution is -2.25. The van der Waals surface area contributed by atoms with Gasteiger partial charge in [-0.1, -0.05) is 0 Å². The Morgan fingerprint density at radius 1 is 1.23 bits per heavy atom. The van der Waals surface area contributed by atoms with Crippen LogP contribution in [-0.4, -0.2) is 15.6 Å². The van der Waals surface area contributed by atoms with Crippen LogP contribution in [0.1, 0.15) is 34.8 Å². The van der Waals surface area contributed by atoms with Crippen molar-refractivity contribution in [3.8, 4) is 11.1 Å². The van der Waals surface area contributed by atoms with Crippen LogP contribution < -0.4 is 5.56 Å². The zero-order valence-electron chi connectivity index (χ0n) is 11.8. The fourth-order valence-electron chi connectivity index (χ4n) is 2.40. The van der Waals surface area contributed by atoms with Gasteiger partial charge in [-0.15, -0.1) is 0 Å². The van der Waals surface area contributed by atoms with E-state index >= 15 is 0 Å². The van der Waals surface area contributed by atoms with Crippen LogP contribution in [0.4, 0.5) is 8.78 Å². The number of aromatic nitrogens is 1. The SMILES string of the molecule is Cc1cc(-c2cc(C(=O)O)c(=O)n(C3CC3)c2)c(F)cc1F. The van der Waals surface area contributed by atoms with E-state index in [9.17, 15) is 18.4 Å². The van der Waals surface area contributed by atoms with Gasteiger partial charge < -0.3 is 9.67 Å². The fraction of sp³-hybridized carbons (Fsp3) is 0.250. The minimum atomic E-state index is -1.36. The molecule has 0 radical (unpaired) electrons. The van der Waals surface area contributed by atoms with Crippen molar-refractivity contribution in [3.05, 3.63) is 57.5 Å². The first-order chi connectivity index (χ1) is 10.4. The van der Waals surface area contributed by atoms with Gasteiger partial charge in [-0.25, -0.2) is 13.6 Å². The third-order valence-electron chi connectivity index (χ3n) is 3.77. The average molecular weight is 305 g/mol. The maximum Gasteiger partial charge on any atom is 0.341 e. The van der Waals surface area contributed by atoms with Gasteiger partial charge in [-0.3, -0.25) is 4.79 Å². The standard InChI is InChI=1S/C16H13F2NO3/c1-8-4-11(14(18)6-13(8)17)9-5-12(16(21)22)15(20)19(7-9)10-2-3-10/h4-7,10H,2-3H2,1H3,(H,21,22). The first-order valence-electron chi connectivity index (χ1n) is 6.84. The second-order valence-electron chi connectivity index (χ2n) is 5.47. The summed E-state index contributed by atoms with van der Waals surface area (Å²) in [5, 5.41) is 9.16. The maximum atomic E-state index is 14.0. The second kappa shape index (κ2) is 5.05. The van der Waals surface area contributed by atoms with Crippen LogP contribution in [0.15, 0.2) is 29.2 Å². The molecular weight excluding hydrogens is 292 g/mol. The van der Waals surface area contributed by atoms with Crippen molar-refractivity contribution in [2.24, 2.45) is 0 Å². The van der Waals surface area contributed by atoms with E-state index in [2.05, 4.69) is 0 Å². The molecule has 1 fully saturated rings. The van der Waals surface area contributed by atoms with E-state index in [1.807, 2.05) is 0 Å². The van der Waals surface area contributed by atoms with Crippen molar-refractivity contribution in [1.29, 1.82) is 0 Å². The smallest absolute Gasteiger partial charge is 0.341 e. The van der Waals surface area contributed by atoms with Crippen LogP contribution in [0.5, 0.6) is 0 Å². The summed E-state index contributed by atoms with van der Waals surface area (Å²) in [5.74, 6) is -2.82.